The van der Waals surface area contributed by atoms with Crippen molar-refractivity contribution >= 4 is 5.91 Å². The summed E-state index contributed by atoms with van der Waals surface area (Å²) in [6.07, 6.45) is 2.83. The number of amides is 1. The van der Waals surface area contributed by atoms with Gasteiger partial charge in [-0.3, -0.25) is 9.69 Å². The molecule has 4 heteroatoms. The van der Waals surface area contributed by atoms with Gasteiger partial charge in [0.05, 0.1) is 12.6 Å². The largest absolute Gasteiger partial charge is 0.355 e. The lowest BCUT2D eigenvalue weighted by molar-refractivity contribution is -0.122. The van der Waals surface area contributed by atoms with Gasteiger partial charge in [-0.05, 0) is 38.3 Å². The molecule has 1 fully saturated rings. The van der Waals surface area contributed by atoms with E-state index in [4.69, 9.17) is 5.26 Å². The number of rotatable bonds is 5. The highest BCUT2D eigenvalue weighted by Crippen LogP contribution is 2.15. The molecule has 1 aliphatic heterocycles. The van der Waals surface area contributed by atoms with Crippen LogP contribution in [-0.2, 0) is 4.79 Å². The van der Waals surface area contributed by atoms with Gasteiger partial charge < -0.3 is 5.32 Å². The fourth-order valence-electron chi connectivity index (χ4n) is 1.98. The first-order chi connectivity index (χ1) is 8.11. The molecule has 0 unspecified atom stereocenters. The first-order valence-electron chi connectivity index (χ1n) is 6.50. The third-order valence-corrected chi connectivity index (χ3v) is 3.18. The van der Waals surface area contributed by atoms with Crippen LogP contribution in [0.25, 0.3) is 0 Å². The SMILES string of the molecule is CC(C)CCNC(=O)CN1CCC(C#N)CC1. The summed E-state index contributed by atoms with van der Waals surface area (Å²) in [6, 6.07) is 2.30. The molecule has 1 amide bonds. The maximum Gasteiger partial charge on any atom is 0.234 e. The lowest BCUT2D eigenvalue weighted by Gasteiger charge is -2.28. The van der Waals surface area contributed by atoms with Gasteiger partial charge in [-0.2, -0.15) is 5.26 Å². The molecule has 0 bridgehead atoms. The third kappa shape index (κ3) is 5.69. The van der Waals surface area contributed by atoms with Crippen LogP contribution in [0.3, 0.4) is 0 Å². The zero-order valence-electron chi connectivity index (χ0n) is 10.9. The van der Waals surface area contributed by atoms with Crippen LogP contribution in [-0.4, -0.2) is 37.0 Å². The minimum Gasteiger partial charge on any atom is -0.355 e. The van der Waals surface area contributed by atoms with Gasteiger partial charge in [0.15, 0.2) is 0 Å². The maximum absolute atomic E-state index is 11.6. The summed E-state index contributed by atoms with van der Waals surface area (Å²) in [5, 5.41) is 11.7. The van der Waals surface area contributed by atoms with Crippen LogP contribution in [0.2, 0.25) is 0 Å². The second-order valence-electron chi connectivity index (χ2n) is 5.21. The lowest BCUT2D eigenvalue weighted by Crippen LogP contribution is -2.41. The average Bonchev–Trinajstić information content (AvgIpc) is 2.29. The van der Waals surface area contributed by atoms with Gasteiger partial charge in [-0.15, -0.1) is 0 Å². The summed E-state index contributed by atoms with van der Waals surface area (Å²) in [6.45, 7) is 7.30. The van der Waals surface area contributed by atoms with Gasteiger partial charge in [0.2, 0.25) is 5.91 Å². The van der Waals surface area contributed by atoms with Crippen LogP contribution in [0, 0.1) is 23.2 Å². The second-order valence-corrected chi connectivity index (χ2v) is 5.21. The molecule has 4 nitrogen and oxygen atoms in total. The highest BCUT2D eigenvalue weighted by molar-refractivity contribution is 5.77. The summed E-state index contributed by atoms with van der Waals surface area (Å²) < 4.78 is 0. The first-order valence-corrected chi connectivity index (χ1v) is 6.50. The van der Waals surface area contributed by atoms with E-state index in [-0.39, 0.29) is 11.8 Å². The van der Waals surface area contributed by atoms with Crippen molar-refractivity contribution in [1.29, 1.82) is 5.26 Å². The molecule has 96 valence electrons. The van der Waals surface area contributed by atoms with Crippen molar-refractivity contribution in [2.24, 2.45) is 11.8 Å². The van der Waals surface area contributed by atoms with Crippen molar-refractivity contribution in [2.75, 3.05) is 26.2 Å². The minimum absolute atomic E-state index is 0.112. The molecule has 1 saturated heterocycles. The van der Waals surface area contributed by atoms with Crippen LogP contribution in [0.1, 0.15) is 33.1 Å². The quantitative estimate of drug-likeness (QED) is 0.786. The van der Waals surface area contributed by atoms with Crippen molar-refractivity contribution in [3.05, 3.63) is 0 Å². The number of likely N-dealkylation sites (tertiary alicyclic amines) is 1. The highest BCUT2D eigenvalue weighted by atomic mass is 16.2. The summed E-state index contributed by atoms with van der Waals surface area (Å²) in [7, 11) is 0. The van der Waals surface area contributed by atoms with E-state index in [1.54, 1.807) is 0 Å². The van der Waals surface area contributed by atoms with E-state index in [2.05, 4.69) is 30.1 Å². The molecule has 17 heavy (non-hydrogen) atoms. The van der Waals surface area contributed by atoms with Crippen LogP contribution >= 0.6 is 0 Å². The van der Waals surface area contributed by atoms with E-state index in [1.807, 2.05) is 0 Å². The van der Waals surface area contributed by atoms with Gasteiger partial charge in [-0.1, -0.05) is 13.8 Å². The Morgan fingerprint density at radius 3 is 2.65 bits per heavy atom. The Kier molecular flexibility index (Phi) is 5.99. The van der Waals surface area contributed by atoms with E-state index in [0.29, 0.717) is 12.5 Å². The Labute approximate surface area is 104 Å². The van der Waals surface area contributed by atoms with E-state index >= 15 is 0 Å². The molecule has 1 rings (SSSR count). The van der Waals surface area contributed by atoms with Crippen molar-refractivity contribution in [3.8, 4) is 6.07 Å². The molecule has 0 aliphatic carbocycles. The van der Waals surface area contributed by atoms with E-state index in [9.17, 15) is 4.79 Å². The van der Waals surface area contributed by atoms with Gasteiger partial charge >= 0.3 is 0 Å². The van der Waals surface area contributed by atoms with Crippen LogP contribution < -0.4 is 5.32 Å². The van der Waals surface area contributed by atoms with Crippen LogP contribution in [0.5, 0.6) is 0 Å². The number of hydrogen-bond donors (Lipinski definition) is 1. The molecule has 0 spiro atoms. The smallest absolute Gasteiger partial charge is 0.234 e. The molecule has 0 atom stereocenters. The van der Waals surface area contributed by atoms with Gasteiger partial charge in [0, 0.05) is 12.5 Å². The summed E-state index contributed by atoms with van der Waals surface area (Å²) in [5.41, 5.74) is 0. The van der Waals surface area contributed by atoms with Gasteiger partial charge in [0.25, 0.3) is 0 Å². The number of carbonyl (C=O) groups is 1. The Hall–Kier alpha value is -1.08. The summed E-state index contributed by atoms with van der Waals surface area (Å²) in [4.78, 5) is 13.8. The van der Waals surface area contributed by atoms with Crippen molar-refractivity contribution in [2.45, 2.75) is 33.1 Å². The average molecular weight is 237 g/mol. The lowest BCUT2D eigenvalue weighted by atomic mass is 9.99. The summed E-state index contributed by atoms with van der Waals surface area (Å²) >= 11 is 0. The Balaban J connectivity index is 2.13. The topological polar surface area (TPSA) is 56.1 Å². The number of piperidine rings is 1. The number of hydrogen-bond acceptors (Lipinski definition) is 3. The molecular formula is C13H23N3O. The van der Waals surface area contributed by atoms with Crippen LogP contribution in [0.15, 0.2) is 0 Å². The number of nitrogens with zero attached hydrogens (tertiary/aromatic N) is 2. The van der Waals surface area contributed by atoms with Crippen LogP contribution in [0.4, 0.5) is 0 Å². The predicted molar refractivity (Wildman–Crippen MR) is 67.2 cm³/mol. The molecule has 0 radical (unpaired) electrons. The molecule has 0 aromatic heterocycles. The monoisotopic (exact) mass is 237 g/mol. The van der Waals surface area contributed by atoms with E-state index in [0.717, 1.165) is 38.9 Å². The number of carbonyl (C=O) groups excluding carboxylic acids is 1. The number of nitrogens with one attached hydrogen (secondary N) is 1. The zero-order chi connectivity index (χ0) is 12.7. The predicted octanol–water partition coefficient (Wildman–Crippen LogP) is 1.38. The van der Waals surface area contributed by atoms with Crippen molar-refractivity contribution in [1.82, 2.24) is 10.2 Å². The highest BCUT2D eigenvalue weighted by Gasteiger charge is 2.20. The molecular weight excluding hydrogens is 214 g/mol. The minimum atomic E-state index is 0.112. The van der Waals surface area contributed by atoms with Gasteiger partial charge in [-0.25, -0.2) is 0 Å². The normalized spacial score (nSPS) is 18.0. The molecule has 0 saturated carbocycles. The first kappa shape index (κ1) is 14.0. The van der Waals surface area contributed by atoms with Gasteiger partial charge in [0.1, 0.15) is 0 Å². The fraction of sp³-hybridized carbons (Fsp3) is 0.846. The molecule has 0 aromatic rings. The Morgan fingerprint density at radius 2 is 2.12 bits per heavy atom. The van der Waals surface area contributed by atoms with Crippen molar-refractivity contribution < 1.29 is 4.79 Å². The third-order valence-electron chi connectivity index (χ3n) is 3.18. The van der Waals surface area contributed by atoms with Crippen molar-refractivity contribution in [3.63, 3.8) is 0 Å². The van der Waals surface area contributed by atoms with E-state index in [1.165, 1.54) is 0 Å². The second kappa shape index (κ2) is 7.29. The molecule has 1 N–H and O–H groups in total. The van der Waals surface area contributed by atoms with E-state index < -0.39 is 0 Å². The maximum atomic E-state index is 11.6. The standard InChI is InChI=1S/C13H23N3O/c1-11(2)3-6-15-13(17)10-16-7-4-12(9-14)5-8-16/h11-12H,3-8,10H2,1-2H3,(H,15,17). The zero-order valence-corrected chi connectivity index (χ0v) is 10.9. The fourth-order valence-corrected chi connectivity index (χ4v) is 1.98. The summed E-state index contributed by atoms with van der Waals surface area (Å²) in [5.74, 6) is 0.929. The molecule has 1 heterocycles. The molecule has 0 aromatic carbocycles. The molecule has 1 aliphatic rings. The Morgan fingerprint density at radius 1 is 1.47 bits per heavy atom. The Bertz CT molecular complexity index is 275. The number of nitriles is 1.